The molecule has 0 saturated carbocycles. The van der Waals surface area contributed by atoms with Gasteiger partial charge in [-0.25, -0.2) is 19.7 Å². The van der Waals surface area contributed by atoms with Crippen molar-refractivity contribution in [2.24, 2.45) is 0 Å². The minimum absolute atomic E-state index is 0.366. The predicted molar refractivity (Wildman–Crippen MR) is 77.6 cm³/mol. The highest BCUT2D eigenvalue weighted by atomic mass is 32.1. The second-order valence-electron chi connectivity index (χ2n) is 4.25. The van der Waals surface area contributed by atoms with Gasteiger partial charge in [0.25, 0.3) is 0 Å². The highest BCUT2D eigenvalue weighted by molar-refractivity contribution is 7.17. The lowest BCUT2D eigenvalue weighted by Crippen LogP contribution is -2.02. The number of nitrogens with two attached hydrogens (primary N) is 1. The summed E-state index contributed by atoms with van der Waals surface area (Å²) in [5.74, 6) is 0.597. The third kappa shape index (κ3) is 2.77. The van der Waals surface area contributed by atoms with E-state index in [-0.39, 0.29) is 5.97 Å². The Bertz CT molecular complexity index is 639. The molecule has 0 atom stereocenters. The van der Waals surface area contributed by atoms with Crippen molar-refractivity contribution in [1.82, 2.24) is 15.0 Å². The lowest BCUT2D eigenvalue weighted by molar-refractivity contribution is 0.0605. The van der Waals surface area contributed by atoms with Gasteiger partial charge in [0.05, 0.1) is 18.4 Å². The number of carbonyl (C=O) groups is 1. The molecule has 0 aliphatic carbocycles. The fourth-order valence-corrected chi connectivity index (χ4v) is 2.83. The van der Waals surface area contributed by atoms with Crippen LogP contribution in [0, 0.1) is 6.92 Å². The molecule has 0 unspecified atom stereocenters. The molecule has 0 bridgehead atoms. The standard InChI is InChI=1S/C13H16N4O2S/c1-4-5-9-10(13(18)19-3)20-12(17-9)8-6-15-7(2)16-11(8)14/h6H,4-5H2,1-3H3,(H2,14,15,16). The fraction of sp³-hybridized carbons (Fsp3) is 0.385. The fourth-order valence-electron chi connectivity index (χ4n) is 1.78. The summed E-state index contributed by atoms with van der Waals surface area (Å²) >= 11 is 1.26. The van der Waals surface area contributed by atoms with Crippen LogP contribution in [-0.4, -0.2) is 28.0 Å². The Morgan fingerprint density at radius 1 is 1.45 bits per heavy atom. The van der Waals surface area contributed by atoms with E-state index in [1.807, 2.05) is 6.92 Å². The van der Waals surface area contributed by atoms with Gasteiger partial charge in [-0.2, -0.15) is 0 Å². The van der Waals surface area contributed by atoms with Gasteiger partial charge in [-0.15, -0.1) is 11.3 Å². The highest BCUT2D eigenvalue weighted by Gasteiger charge is 2.20. The molecule has 20 heavy (non-hydrogen) atoms. The average molecular weight is 292 g/mol. The number of hydrogen-bond acceptors (Lipinski definition) is 7. The van der Waals surface area contributed by atoms with Gasteiger partial charge in [-0.3, -0.25) is 0 Å². The Hall–Kier alpha value is -2.02. The van der Waals surface area contributed by atoms with Crippen LogP contribution in [-0.2, 0) is 11.2 Å². The number of thiazole rings is 1. The Balaban J connectivity index is 2.49. The van der Waals surface area contributed by atoms with Crippen LogP contribution in [0.4, 0.5) is 5.82 Å². The monoisotopic (exact) mass is 292 g/mol. The third-order valence-electron chi connectivity index (χ3n) is 2.72. The van der Waals surface area contributed by atoms with Crippen LogP contribution in [0.3, 0.4) is 0 Å². The van der Waals surface area contributed by atoms with Gasteiger partial charge in [-0.1, -0.05) is 13.3 Å². The minimum Gasteiger partial charge on any atom is -0.465 e. The first kappa shape index (κ1) is 14.4. The molecule has 0 radical (unpaired) electrons. The van der Waals surface area contributed by atoms with Crippen LogP contribution in [0.25, 0.3) is 10.6 Å². The van der Waals surface area contributed by atoms with E-state index in [1.165, 1.54) is 18.4 Å². The molecule has 2 aromatic rings. The molecular formula is C13H16N4O2S. The Labute approximate surface area is 121 Å². The number of nitrogen functional groups attached to an aromatic ring is 1. The van der Waals surface area contributed by atoms with Gasteiger partial charge in [0.15, 0.2) is 0 Å². The van der Waals surface area contributed by atoms with Gasteiger partial charge in [0, 0.05) is 6.20 Å². The van der Waals surface area contributed by atoms with Crippen molar-refractivity contribution in [3.63, 3.8) is 0 Å². The molecule has 2 N–H and O–H groups in total. The Kier molecular flexibility index (Phi) is 4.29. The zero-order valence-electron chi connectivity index (χ0n) is 11.6. The predicted octanol–water partition coefficient (Wildman–Crippen LogP) is 2.23. The molecule has 6 nitrogen and oxygen atoms in total. The molecule has 0 spiro atoms. The van der Waals surface area contributed by atoms with Gasteiger partial charge in [-0.05, 0) is 13.3 Å². The summed E-state index contributed by atoms with van der Waals surface area (Å²) in [6, 6.07) is 0. The number of hydrogen-bond donors (Lipinski definition) is 1. The number of ether oxygens (including phenoxy) is 1. The van der Waals surface area contributed by atoms with Gasteiger partial charge < -0.3 is 10.5 Å². The summed E-state index contributed by atoms with van der Waals surface area (Å²) in [6.45, 7) is 3.80. The maximum Gasteiger partial charge on any atom is 0.349 e. The van der Waals surface area contributed by atoms with Crippen LogP contribution in [0.5, 0.6) is 0 Å². The van der Waals surface area contributed by atoms with E-state index < -0.39 is 0 Å². The lowest BCUT2D eigenvalue weighted by atomic mass is 10.2. The number of methoxy groups -OCH3 is 1. The number of nitrogens with zero attached hydrogens (tertiary/aromatic N) is 3. The largest absolute Gasteiger partial charge is 0.465 e. The topological polar surface area (TPSA) is 91.0 Å². The molecule has 0 fully saturated rings. The molecular weight excluding hydrogens is 276 g/mol. The van der Waals surface area contributed by atoms with Crippen molar-refractivity contribution in [3.05, 3.63) is 22.6 Å². The molecule has 0 aliphatic rings. The molecule has 7 heteroatoms. The van der Waals surface area contributed by atoms with Crippen LogP contribution in [0.2, 0.25) is 0 Å². The first-order valence-electron chi connectivity index (χ1n) is 6.24. The SMILES string of the molecule is CCCc1nc(-c2cnc(C)nc2N)sc1C(=O)OC. The zero-order valence-corrected chi connectivity index (χ0v) is 12.5. The summed E-state index contributed by atoms with van der Waals surface area (Å²) in [4.78, 5) is 25.0. The molecule has 2 aromatic heterocycles. The van der Waals surface area contributed by atoms with Gasteiger partial charge in [0.1, 0.15) is 21.5 Å². The Morgan fingerprint density at radius 2 is 2.20 bits per heavy atom. The average Bonchev–Trinajstić information content (AvgIpc) is 2.82. The quantitative estimate of drug-likeness (QED) is 0.869. The molecule has 2 heterocycles. The smallest absolute Gasteiger partial charge is 0.349 e. The Morgan fingerprint density at radius 3 is 2.80 bits per heavy atom. The second kappa shape index (κ2) is 5.96. The van der Waals surface area contributed by atoms with Crippen LogP contribution >= 0.6 is 11.3 Å². The zero-order chi connectivity index (χ0) is 14.7. The molecule has 106 valence electrons. The number of anilines is 1. The van der Waals surface area contributed by atoms with Crippen LogP contribution < -0.4 is 5.73 Å². The summed E-state index contributed by atoms with van der Waals surface area (Å²) in [6.07, 6.45) is 3.24. The van der Waals surface area contributed by atoms with E-state index in [1.54, 1.807) is 13.1 Å². The maximum absolute atomic E-state index is 11.8. The number of esters is 1. The molecule has 0 aliphatic heterocycles. The summed E-state index contributed by atoms with van der Waals surface area (Å²) in [7, 11) is 1.36. The summed E-state index contributed by atoms with van der Waals surface area (Å²) in [5.41, 5.74) is 7.28. The first-order chi connectivity index (χ1) is 9.56. The van der Waals surface area contributed by atoms with E-state index in [9.17, 15) is 4.79 Å². The minimum atomic E-state index is -0.371. The summed E-state index contributed by atoms with van der Waals surface area (Å²) < 4.78 is 4.79. The second-order valence-corrected chi connectivity index (χ2v) is 5.25. The van der Waals surface area contributed by atoms with Crippen molar-refractivity contribution >= 4 is 23.1 Å². The normalized spacial score (nSPS) is 10.6. The van der Waals surface area contributed by atoms with E-state index >= 15 is 0 Å². The highest BCUT2D eigenvalue weighted by Crippen LogP contribution is 2.31. The van der Waals surface area contributed by atoms with Gasteiger partial charge in [0.2, 0.25) is 0 Å². The number of rotatable bonds is 4. The molecule has 2 rings (SSSR count). The van der Waals surface area contributed by atoms with Crippen molar-refractivity contribution < 1.29 is 9.53 Å². The maximum atomic E-state index is 11.8. The molecule has 0 amide bonds. The van der Waals surface area contributed by atoms with Crippen LogP contribution in [0.1, 0.15) is 34.5 Å². The van der Waals surface area contributed by atoms with E-state index in [2.05, 4.69) is 15.0 Å². The van der Waals surface area contributed by atoms with Crippen molar-refractivity contribution in [2.75, 3.05) is 12.8 Å². The molecule has 0 aromatic carbocycles. The van der Waals surface area contributed by atoms with E-state index in [0.29, 0.717) is 33.5 Å². The van der Waals surface area contributed by atoms with Crippen molar-refractivity contribution in [2.45, 2.75) is 26.7 Å². The lowest BCUT2D eigenvalue weighted by Gasteiger charge is -2.00. The molecule has 0 saturated heterocycles. The summed E-state index contributed by atoms with van der Waals surface area (Å²) in [5, 5.41) is 0.645. The first-order valence-corrected chi connectivity index (χ1v) is 7.06. The number of carbonyl (C=O) groups excluding carboxylic acids is 1. The number of aryl methyl sites for hydroxylation is 2. The number of aromatic nitrogens is 3. The van der Waals surface area contributed by atoms with Gasteiger partial charge >= 0.3 is 5.97 Å². The third-order valence-corrected chi connectivity index (χ3v) is 3.84. The van der Waals surface area contributed by atoms with Crippen LogP contribution in [0.15, 0.2) is 6.20 Å². The van der Waals surface area contributed by atoms with Crippen molar-refractivity contribution in [1.29, 1.82) is 0 Å². The van der Waals surface area contributed by atoms with E-state index in [4.69, 9.17) is 10.5 Å². The van der Waals surface area contributed by atoms with Crippen molar-refractivity contribution in [3.8, 4) is 10.6 Å². The van der Waals surface area contributed by atoms with E-state index in [0.717, 1.165) is 12.1 Å².